The minimum Gasteiger partial charge on any atom is -0.299 e. The second kappa shape index (κ2) is 5.63. The summed E-state index contributed by atoms with van der Waals surface area (Å²) in [5.74, 6) is 0.0834. The summed E-state index contributed by atoms with van der Waals surface area (Å²) in [7, 11) is 0. The number of Topliss-reactive ketones (excluding diaryl/α,β-unsaturated/α-hetero) is 1. The first-order valence-electron chi connectivity index (χ1n) is 5.00. The molecule has 0 atom stereocenters. The van der Waals surface area contributed by atoms with Crippen molar-refractivity contribution in [3.8, 4) is 0 Å². The van der Waals surface area contributed by atoms with Crippen molar-refractivity contribution in [2.24, 2.45) is 0 Å². The van der Waals surface area contributed by atoms with Crippen molar-refractivity contribution >= 4 is 40.3 Å². The van der Waals surface area contributed by atoms with Crippen LogP contribution >= 0.6 is 34.5 Å². The molecule has 0 aliphatic rings. The molecule has 0 spiro atoms. The molecule has 2 heterocycles. The SMILES string of the molecule is O=C(Cc1ccccn1)Cc1cc(Cl)sc1Cl. The van der Waals surface area contributed by atoms with Crippen molar-refractivity contribution < 1.29 is 4.79 Å². The van der Waals surface area contributed by atoms with Crippen molar-refractivity contribution in [2.75, 3.05) is 0 Å². The van der Waals surface area contributed by atoms with Crippen LogP contribution in [0, 0.1) is 0 Å². The Morgan fingerprint density at radius 1 is 1.29 bits per heavy atom. The highest BCUT2D eigenvalue weighted by Crippen LogP contribution is 2.31. The number of carbonyl (C=O) groups excluding carboxylic acids is 1. The highest BCUT2D eigenvalue weighted by Gasteiger charge is 2.11. The zero-order chi connectivity index (χ0) is 12.3. The molecule has 0 bridgehead atoms. The van der Waals surface area contributed by atoms with Gasteiger partial charge in [-0.05, 0) is 23.8 Å². The Morgan fingerprint density at radius 3 is 2.71 bits per heavy atom. The van der Waals surface area contributed by atoms with Crippen LogP contribution in [0.1, 0.15) is 11.3 Å². The Hall–Kier alpha value is -0.900. The molecule has 5 heteroatoms. The van der Waals surface area contributed by atoms with Gasteiger partial charge in [-0.3, -0.25) is 9.78 Å². The second-order valence-electron chi connectivity index (χ2n) is 3.56. The Kier molecular flexibility index (Phi) is 4.15. The van der Waals surface area contributed by atoms with Gasteiger partial charge in [-0.15, -0.1) is 11.3 Å². The molecule has 2 aromatic rings. The standard InChI is InChI=1S/C12H9Cl2NOS/c13-11-6-8(12(14)17-11)5-10(16)7-9-3-1-2-4-15-9/h1-4,6H,5,7H2. The number of hydrogen-bond acceptors (Lipinski definition) is 3. The molecule has 0 aromatic carbocycles. The molecular weight excluding hydrogens is 277 g/mol. The smallest absolute Gasteiger partial charge is 0.143 e. The van der Waals surface area contributed by atoms with E-state index in [0.29, 0.717) is 21.5 Å². The van der Waals surface area contributed by atoms with E-state index in [-0.39, 0.29) is 5.78 Å². The summed E-state index contributed by atoms with van der Waals surface area (Å²) in [5.41, 5.74) is 1.57. The van der Waals surface area contributed by atoms with Gasteiger partial charge in [-0.2, -0.15) is 0 Å². The topological polar surface area (TPSA) is 30.0 Å². The molecule has 0 N–H and O–H groups in total. The molecule has 0 aliphatic carbocycles. The Bertz CT molecular complexity index is 525. The molecule has 2 aromatic heterocycles. The summed E-state index contributed by atoms with van der Waals surface area (Å²) >= 11 is 13.1. The summed E-state index contributed by atoms with van der Waals surface area (Å²) in [6.07, 6.45) is 2.31. The maximum Gasteiger partial charge on any atom is 0.143 e. The molecule has 0 saturated heterocycles. The summed E-state index contributed by atoms with van der Waals surface area (Å²) in [5, 5.41) is 0. The maximum absolute atomic E-state index is 11.8. The number of carbonyl (C=O) groups is 1. The van der Waals surface area contributed by atoms with Gasteiger partial charge in [-0.1, -0.05) is 29.3 Å². The van der Waals surface area contributed by atoms with Crippen LogP contribution in [0.5, 0.6) is 0 Å². The van der Waals surface area contributed by atoms with Crippen molar-refractivity contribution in [3.63, 3.8) is 0 Å². The summed E-state index contributed by atoms with van der Waals surface area (Å²) in [4.78, 5) is 15.9. The third-order valence-corrected chi connectivity index (χ3v) is 3.79. The van der Waals surface area contributed by atoms with Gasteiger partial charge in [0, 0.05) is 24.7 Å². The van der Waals surface area contributed by atoms with E-state index in [1.165, 1.54) is 11.3 Å². The number of halogens is 2. The van der Waals surface area contributed by atoms with E-state index in [0.717, 1.165) is 11.3 Å². The monoisotopic (exact) mass is 285 g/mol. The first kappa shape index (κ1) is 12.6. The molecule has 17 heavy (non-hydrogen) atoms. The van der Waals surface area contributed by atoms with Crippen LogP contribution in [-0.4, -0.2) is 10.8 Å². The third-order valence-electron chi connectivity index (χ3n) is 2.22. The number of nitrogens with zero attached hydrogens (tertiary/aromatic N) is 1. The highest BCUT2D eigenvalue weighted by atomic mass is 35.5. The first-order valence-corrected chi connectivity index (χ1v) is 6.57. The van der Waals surface area contributed by atoms with E-state index in [4.69, 9.17) is 23.2 Å². The summed E-state index contributed by atoms with van der Waals surface area (Å²) in [6.45, 7) is 0. The largest absolute Gasteiger partial charge is 0.299 e. The Labute approximate surface area is 113 Å². The Balaban J connectivity index is 2.01. The predicted molar refractivity (Wildman–Crippen MR) is 71.0 cm³/mol. The number of rotatable bonds is 4. The van der Waals surface area contributed by atoms with Gasteiger partial charge < -0.3 is 0 Å². The van der Waals surface area contributed by atoms with Crippen LogP contribution in [-0.2, 0) is 17.6 Å². The molecular formula is C12H9Cl2NOS. The minimum absolute atomic E-state index is 0.0834. The molecule has 0 fully saturated rings. The van der Waals surface area contributed by atoms with Crippen molar-refractivity contribution in [3.05, 3.63) is 50.4 Å². The number of thiophene rings is 1. The van der Waals surface area contributed by atoms with E-state index in [1.807, 2.05) is 18.2 Å². The fourth-order valence-corrected chi connectivity index (χ4v) is 2.96. The van der Waals surface area contributed by atoms with E-state index in [1.54, 1.807) is 12.3 Å². The summed E-state index contributed by atoms with van der Waals surface area (Å²) in [6, 6.07) is 7.26. The number of ketones is 1. The molecule has 2 nitrogen and oxygen atoms in total. The van der Waals surface area contributed by atoms with E-state index >= 15 is 0 Å². The van der Waals surface area contributed by atoms with Gasteiger partial charge in [0.1, 0.15) is 5.78 Å². The van der Waals surface area contributed by atoms with Gasteiger partial charge >= 0.3 is 0 Å². The molecule has 0 aliphatic heterocycles. The molecule has 88 valence electrons. The quantitative estimate of drug-likeness (QED) is 0.855. The van der Waals surface area contributed by atoms with Gasteiger partial charge in [0.05, 0.1) is 8.67 Å². The van der Waals surface area contributed by atoms with Crippen molar-refractivity contribution in [2.45, 2.75) is 12.8 Å². The predicted octanol–water partition coefficient (Wildman–Crippen LogP) is 3.80. The van der Waals surface area contributed by atoms with Crippen LogP contribution < -0.4 is 0 Å². The normalized spacial score (nSPS) is 10.5. The summed E-state index contributed by atoms with van der Waals surface area (Å²) < 4.78 is 1.19. The molecule has 0 unspecified atom stereocenters. The fraction of sp³-hybridized carbons (Fsp3) is 0.167. The van der Waals surface area contributed by atoms with Crippen molar-refractivity contribution in [1.29, 1.82) is 0 Å². The van der Waals surface area contributed by atoms with Gasteiger partial charge in [-0.25, -0.2) is 0 Å². The minimum atomic E-state index is 0.0834. The second-order valence-corrected chi connectivity index (χ2v) is 5.85. The zero-order valence-electron chi connectivity index (χ0n) is 8.82. The van der Waals surface area contributed by atoms with E-state index in [2.05, 4.69) is 4.98 Å². The average molecular weight is 286 g/mol. The van der Waals surface area contributed by atoms with Crippen LogP contribution in [0.25, 0.3) is 0 Å². The zero-order valence-corrected chi connectivity index (χ0v) is 11.1. The van der Waals surface area contributed by atoms with Crippen LogP contribution in [0.4, 0.5) is 0 Å². The highest BCUT2D eigenvalue weighted by molar-refractivity contribution is 7.20. The van der Waals surface area contributed by atoms with Crippen LogP contribution in [0.15, 0.2) is 30.5 Å². The first-order chi connectivity index (χ1) is 8.15. The van der Waals surface area contributed by atoms with E-state index < -0.39 is 0 Å². The number of hydrogen-bond donors (Lipinski definition) is 0. The van der Waals surface area contributed by atoms with Gasteiger partial charge in [0.2, 0.25) is 0 Å². The molecule has 0 radical (unpaired) electrons. The number of aromatic nitrogens is 1. The maximum atomic E-state index is 11.8. The lowest BCUT2D eigenvalue weighted by molar-refractivity contribution is -0.117. The van der Waals surface area contributed by atoms with Crippen molar-refractivity contribution in [1.82, 2.24) is 4.98 Å². The van der Waals surface area contributed by atoms with Gasteiger partial charge in [0.25, 0.3) is 0 Å². The molecule has 0 saturated carbocycles. The lowest BCUT2D eigenvalue weighted by Crippen LogP contribution is -2.07. The van der Waals surface area contributed by atoms with E-state index in [9.17, 15) is 4.79 Å². The van der Waals surface area contributed by atoms with Crippen LogP contribution in [0.3, 0.4) is 0 Å². The molecule has 2 rings (SSSR count). The third kappa shape index (κ3) is 3.53. The average Bonchev–Trinajstić information content (AvgIpc) is 2.58. The lowest BCUT2D eigenvalue weighted by atomic mass is 10.1. The van der Waals surface area contributed by atoms with Gasteiger partial charge in [0.15, 0.2) is 0 Å². The fourth-order valence-electron chi connectivity index (χ4n) is 1.47. The number of pyridine rings is 1. The molecule has 0 amide bonds. The lowest BCUT2D eigenvalue weighted by Gasteiger charge is -1.99. The Morgan fingerprint density at radius 2 is 2.12 bits per heavy atom. The van der Waals surface area contributed by atoms with Crippen LogP contribution in [0.2, 0.25) is 8.67 Å².